The van der Waals surface area contributed by atoms with Gasteiger partial charge in [0.15, 0.2) is 6.10 Å². The summed E-state index contributed by atoms with van der Waals surface area (Å²) >= 11 is 6.06. The molecule has 0 aromatic heterocycles. The average molecular weight is 394 g/mol. The van der Waals surface area contributed by atoms with Gasteiger partial charge in [-0.25, -0.2) is 9.86 Å². The first-order valence-corrected chi connectivity index (χ1v) is 9.46. The number of anilines is 1. The predicted molar refractivity (Wildman–Crippen MR) is 109 cm³/mol. The Balaban J connectivity index is 1.86. The van der Waals surface area contributed by atoms with Crippen LogP contribution in [0.5, 0.6) is 0 Å². The van der Waals surface area contributed by atoms with Crippen molar-refractivity contribution in [3.8, 4) is 0 Å². The number of hydrogen-bond donors (Lipinski definition) is 0. The van der Waals surface area contributed by atoms with Crippen molar-refractivity contribution in [1.82, 2.24) is 0 Å². The molecule has 1 heterocycles. The number of esters is 1. The molecule has 0 N–H and O–H groups in total. The van der Waals surface area contributed by atoms with Gasteiger partial charge in [-0.15, -0.1) is 0 Å². The summed E-state index contributed by atoms with van der Waals surface area (Å²) in [6, 6.07) is 27.2. The van der Waals surface area contributed by atoms with Crippen LogP contribution in [-0.2, 0) is 14.4 Å². The molecule has 3 atom stereocenters. The molecule has 3 aromatic carbocycles. The van der Waals surface area contributed by atoms with E-state index < -0.39 is 12.1 Å². The zero-order valence-corrected chi connectivity index (χ0v) is 16.1. The van der Waals surface area contributed by atoms with Crippen LogP contribution in [0.4, 0.5) is 5.69 Å². The molecule has 142 valence electrons. The molecule has 0 unspecified atom stereocenters. The van der Waals surface area contributed by atoms with Gasteiger partial charge in [0.25, 0.3) is 0 Å². The summed E-state index contributed by atoms with van der Waals surface area (Å²) < 4.78 is 5.06. The summed E-state index contributed by atoms with van der Waals surface area (Å²) in [5, 5.41) is 2.44. The molecule has 1 aliphatic rings. The first-order chi connectivity index (χ1) is 13.7. The lowest BCUT2D eigenvalue weighted by atomic mass is 9.83. The number of benzene rings is 3. The topological polar surface area (TPSA) is 38.8 Å². The zero-order chi connectivity index (χ0) is 19.5. The van der Waals surface area contributed by atoms with Crippen LogP contribution in [0.15, 0.2) is 84.9 Å². The molecule has 1 saturated heterocycles. The van der Waals surface area contributed by atoms with Crippen molar-refractivity contribution in [2.45, 2.75) is 18.1 Å². The minimum Gasteiger partial charge on any atom is -0.467 e. The van der Waals surface area contributed by atoms with Gasteiger partial charge in [0, 0.05) is 5.02 Å². The maximum Gasteiger partial charge on any atom is 0.338 e. The Morgan fingerprint density at radius 3 is 2.04 bits per heavy atom. The Kier molecular flexibility index (Phi) is 5.33. The molecule has 1 aliphatic heterocycles. The van der Waals surface area contributed by atoms with Gasteiger partial charge >= 0.3 is 5.97 Å². The number of halogens is 1. The summed E-state index contributed by atoms with van der Waals surface area (Å²) in [7, 11) is 1.39. The number of hydrogen-bond acceptors (Lipinski definition) is 4. The van der Waals surface area contributed by atoms with E-state index in [1.54, 1.807) is 5.06 Å². The average Bonchev–Trinajstić information content (AvgIpc) is 3.15. The molecule has 0 aliphatic carbocycles. The molecular formula is C23H20ClNO3. The highest BCUT2D eigenvalue weighted by atomic mass is 35.5. The number of hydroxylamine groups is 1. The molecule has 0 saturated carbocycles. The zero-order valence-electron chi connectivity index (χ0n) is 15.4. The van der Waals surface area contributed by atoms with Crippen LogP contribution < -0.4 is 5.06 Å². The molecule has 4 nitrogen and oxygen atoms in total. The van der Waals surface area contributed by atoms with Crippen LogP contribution in [0.1, 0.15) is 23.1 Å². The van der Waals surface area contributed by atoms with E-state index in [1.807, 2.05) is 84.9 Å². The van der Waals surface area contributed by atoms with E-state index in [0.29, 0.717) is 5.02 Å². The van der Waals surface area contributed by atoms with Gasteiger partial charge in [0.2, 0.25) is 0 Å². The number of carbonyl (C=O) groups is 1. The van der Waals surface area contributed by atoms with Crippen molar-refractivity contribution in [1.29, 1.82) is 0 Å². The quantitative estimate of drug-likeness (QED) is 0.574. The standard InChI is InChI=1S/C23H20ClNO3/c1-27-23(26)22-20(16-8-4-2-5-9-16)21(17-10-6-3-7-11-17)25(28-22)19-14-12-18(24)13-15-19/h2-15,20-22H,1H3/t20-,21-,22-/m0/s1. The lowest BCUT2D eigenvalue weighted by Crippen LogP contribution is -2.28. The first kappa shape index (κ1) is 18.5. The van der Waals surface area contributed by atoms with Gasteiger partial charge in [-0.2, -0.15) is 0 Å². The van der Waals surface area contributed by atoms with Gasteiger partial charge < -0.3 is 4.74 Å². The molecule has 0 spiro atoms. The molecule has 5 heteroatoms. The van der Waals surface area contributed by atoms with Crippen LogP contribution in [-0.4, -0.2) is 19.2 Å². The summed E-state index contributed by atoms with van der Waals surface area (Å²) in [4.78, 5) is 18.8. The van der Waals surface area contributed by atoms with Gasteiger partial charge in [0.1, 0.15) is 0 Å². The molecule has 4 rings (SSSR count). The Bertz CT molecular complexity index is 931. The van der Waals surface area contributed by atoms with Crippen molar-refractivity contribution < 1.29 is 14.4 Å². The number of ether oxygens (including phenoxy) is 1. The Labute approximate surface area is 169 Å². The van der Waals surface area contributed by atoms with E-state index in [0.717, 1.165) is 16.8 Å². The maximum absolute atomic E-state index is 12.6. The lowest BCUT2D eigenvalue weighted by molar-refractivity contribution is -0.152. The van der Waals surface area contributed by atoms with Crippen molar-refractivity contribution >= 4 is 23.3 Å². The summed E-state index contributed by atoms with van der Waals surface area (Å²) in [5.41, 5.74) is 2.89. The Morgan fingerprint density at radius 2 is 1.46 bits per heavy atom. The first-order valence-electron chi connectivity index (χ1n) is 9.08. The van der Waals surface area contributed by atoms with Crippen molar-refractivity contribution in [2.24, 2.45) is 0 Å². The maximum atomic E-state index is 12.6. The SMILES string of the molecule is COC(=O)[C@H]1ON(c2ccc(Cl)cc2)[C@@H](c2ccccc2)[C@@H]1c1ccccc1. The second kappa shape index (κ2) is 8.05. The third kappa shape index (κ3) is 3.49. The normalized spacial score (nSPS) is 21.5. The molecule has 0 radical (unpaired) electrons. The largest absolute Gasteiger partial charge is 0.467 e. The van der Waals surface area contributed by atoms with Crippen molar-refractivity contribution in [3.63, 3.8) is 0 Å². The van der Waals surface area contributed by atoms with Crippen LogP contribution in [0.25, 0.3) is 0 Å². The summed E-state index contributed by atoms with van der Waals surface area (Å²) in [5.74, 6) is -0.627. The Morgan fingerprint density at radius 1 is 0.893 bits per heavy atom. The molecule has 0 bridgehead atoms. The van der Waals surface area contributed by atoms with E-state index in [4.69, 9.17) is 21.2 Å². The van der Waals surface area contributed by atoms with E-state index in [2.05, 4.69) is 0 Å². The third-order valence-corrected chi connectivity index (χ3v) is 5.24. The monoisotopic (exact) mass is 393 g/mol. The smallest absolute Gasteiger partial charge is 0.338 e. The number of rotatable bonds is 4. The fraction of sp³-hybridized carbons (Fsp3) is 0.174. The van der Waals surface area contributed by atoms with Crippen molar-refractivity contribution in [2.75, 3.05) is 12.2 Å². The highest BCUT2D eigenvalue weighted by Gasteiger charge is 2.49. The highest BCUT2D eigenvalue weighted by Crippen LogP contribution is 2.48. The fourth-order valence-electron chi connectivity index (χ4n) is 3.71. The lowest BCUT2D eigenvalue weighted by Gasteiger charge is -2.27. The van der Waals surface area contributed by atoms with Gasteiger partial charge in [-0.3, -0.25) is 4.84 Å². The fourth-order valence-corrected chi connectivity index (χ4v) is 3.83. The third-order valence-electron chi connectivity index (χ3n) is 4.99. The second-order valence-electron chi connectivity index (χ2n) is 6.64. The van der Waals surface area contributed by atoms with E-state index in [1.165, 1.54) is 7.11 Å². The number of nitrogens with zero attached hydrogens (tertiary/aromatic N) is 1. The van der Waals surface area contributed by atoms with E-state index in [9.17, 15) is 4.79 Å². The van der Waals surface area contributed by atoms with Crippen LogP contribution in [0.2, 0.25) is 5.02 Å². The molecule has 28 heavy (non-hydrogen) atoms. The molecule has 0 amide bonds. The van der Waals surface area contributed by atoms with Gasteiger partial charge in [0.05, 0.1) is 24.8 Å². The highest BCUT2D eigenvalue weighted by molar-refractivity contribution is 6.30. The number of methoxy groups -OCH3 is 1. The minimum atomic E-state index is -0.756. The van der Waals surface area contributed by atoms with Crippen molar-refractivity contribution in [3.05, 3.63) is 101 Å². The van der Waals surface area contributed by atoms with Crippen LogP contribution in [0.3, 0.4) is 0 Å². The van der Waals surface area contributed by atoms with E-state index in [-0.39, 0.29) is 12.0 Å². The summed E-state index contributed by atoms with van der Waals surface area (Å²) in [6.45, 7) is 0. The predicted octanol–water partition coefficient (Wildman–Crippen LogP) is 5.16. The van der Waals surface area contributed by atoms with Gasteiger partial charge in [-0.05, 0) is 35.4 Å². The molecule has 1 fully saturated rings. The van der Waals surface area contributed by atoms with Gasteiger partial charge in [-0.1, -0.05) is 72.3 Å². The van der Waals surface area contributed by atoms with Crippen LogP contribution >= 0.6 is 11.6 Å². The molecule has 3 aromatic rings. The van der Waals surface area contributed by atoms with E-state index >= 15 is 0 Å². The summed E-state index contributed by atoms with van der Waals surface area (Å²) in [6.07, 6.45) is -0.756. The second-order valence-corrected chi connectivity index (χ2v) is 7.08. The number of carbonyl (C=O) groups excluding carboxylic acids is 1. The van der Waals surface area contributed by atoms with Crippen LogP contribution in [0, 0.1) is 0 Å². The molecular weight excluding hydrogens is 374 g/mol. The minimum absolute atomic E-state index is 0.200. The Hall–Kier alpha value is -2.82.